The van der Waals surface area contributed by atoms with Gasteiger partial charge in [0.15, 0.2) is 0 Å². The van der Waals surface area contributed by atoms with Crippen molar-refractivity contribution < 1.29 is 9.90 Å². The van der Waals surface area contributed by atoms with Crippen LogP contribution in [0.15, 0.2) is 0 Å². The van der Waals surface area contributed by atoms with Gasteiger partial charge in [-0.2, -0.15) is 0 Å². The molecule has 3 aliphatic carbocycles. The molecule has 2 heteroatoms. The molecule has 2 nitrogen and oxygen atoms in total. The van der Waals surface area contributed by atoms with Crippen molar-refractivity contribution >= 4 is 5.97 Å². The molecule has 0 bridgehead atoms. The van der Waals surface area contributed by atoms with E-state index in [-0.39, 0.29) is 5.41 Å². The number of rotatable bonds is 2. The molecule has 0 aromatic heterocycles. The lowest BCUT2D eigenvalue weighted by Gasteiger charge is -2.62. The molecule has 0 saturated heterocycles. The summed E-state index contributed by atoms with van der Waals surface area (Å²) in [5.41, 5.74) is -0.235. The van der Waals surface area contributed by atoms with Crippen LogP contribution in [0.4, 0.5) is 0 Å². The maximum Gasteiger partial charge on any atom is 0.309 e. The van der Waals surface area contributed by atoms with Gasteiger partial charge in [-0.25, -0.2) is 0 Å². The van der Waals surface area contributed by atoms with Gasteiger partial charge in [-0.15, -0.1) is 0 Å². The van der Waals surface area contributed by atoms with E-state index in [1.807, 2.05) is 6.92 Å². The third kappa shape index (κ3) is 2.46. The van der Waals surface area contributed by atoms with Gasteiger partial charge < -0.3 is 5.11 Å². The number of fused-ring (bicyclic) bond motifs is 3. The summed E-state index contributed by atoms with van der Waals surface area (Å²) in [6, 6.07) is 0. The fourth-order valence-electron chi connectivity index (χ4n) is 7.38. The highest BCUT2D eigenvalue weighted by Crippen LogP contribution is 2.65. The molecule has 23 heavy (non-hydrogen) atoms. The zero-order chi connectivity index (χ0) is 17.0. The number of carboxylic acid groups (broad SMARTS) is 1. The number of carboxylic acids is 1. The van der Waals surface area contributed by atoms with Gasteiger partial charge in [0.25, 0.3) is 0 Å². The van der Waals surface area contributed by atoms with E-state index < -0.39 is 11.4 Å². The Kier molecular flexibility index (Phi) is 4.34. The molecule has 1 N–H and O–H groups in total. The van der Waals surface area contributed by atoms with E-state index in [0.717, 1.165) is 48.9 Å². The molecule has 3 rings (SSSR count). The molecule has 7 unspecified atom stereocenters. The van der Waals surface area contributed by atoms with E-state index in [1.165, 1.54) is 25.7 Å². The number of hydrogen-bond acceptors (Lipinski definition) is 1. The number of hydrogen-bond donors (Lipinski definition) is 1. The third-order valence-electron chi connectivity index (χ3n) is 8.64. The van der Waals surface area contributed by atoms with Crippen LogP contribution in [0.5, 0.6) is 0 Å². The molecule has 3 aliphatic rings. The van der Waals surface area contributed by atoms with Crippen LogP contribution in [0.1, 0.15) is 79.6 Å². The summed E-state index contributed by atoms with van der Waals surface area (Å²) in [6.07, 6.45) is 8.31. The minimum atomic E-state index is -0.546. The first-order valence-electron chi connectivity index (χ1n) is 9.95. The summed E-state index contributed by atoms with van der Waals surface area (Å²) >= 11 is 0. The zero-order valence-electron chi connectivity index (χ0n) is 15.8. The molecular weight excluding hydrogens is 284 g/mol. The molecular formula is C21H36O2. The Morgan fingerprint density at radius 3 is 2.39 bits per heavy atom. The van der Waals surface area contributed by atoms with Gasteiger partial charge in [0.1, 0.15) is 0 Å². The molecule has 0 radical (unpaired) electrons. The summed E-state index contributed by atoms with van der Waals surface area (Å²) in [6.45, 7) is 11.8. The summed E-state index contributed by atoms with van der Waals surface area (Å²) in [7, 11) is 0. The molecule has 3 saturated carbocycles. The molecule has 0 spiro atoms. The molecule has 0 aliphatic heterocycles. The van der Waals surface area contributed by atoms with Gasteiger partial charge in [-0.1, -0.05) is 34.1 Å². The standard InChI is InChI=1S/C21H36O2/c1-13(2)15-7-9-17-16(14(15)3)8-10-18-20(17,4)11-6-12-21(18,5)19(22)23/h13-18H,6-12H2,1-5H3,(H,22,23). The first-order chi connectivity index (χ1) is 10.7. The quantitative estimate of drug-likeness (QED) is 0.717. The predicted molar refractivity (Wildman–Crippen MR) is 94.1 cm³/mol. The van der Waals surface area contributed by atoms with E-state index >= 15 is 0 Å². The third-order valence-corrected chi connectivity index (χ3v) is 8.64. The SMILES string of the molecule is CC(C)C1CCC2C(CCC3C(C)(C(=O)O)CCCC23C)C1C. The molecule has 0 heterocycles. The first kappa shape index (κ1) is 17.3. The van der Waals surface area contributed by atoms with Crippen LogP contribution in [0, 0.1) is 46.3 Å². The van der Waals surface area contributed by atoms with Crippen molar-refractivity contribution in [2.45, 2.75) is 79.6 Å². The van der Waals surface area contributed by atoms with Gasteiger partial charge in [-0.05, 0) is 86.4 Å². The summed E-state index contributed by atoms with van der Waals surface area (Å²) in [4.78, 5) is 12.0. The maximum atomic E-state index is 12.0. The van der Waals surface area contributed by atoms with Crippen LogP contribution in [0.3, 0.4) is 0 Å². The van der Waals surface area contributed by atoms with Gasteiger partial charge in [0.05, 0.1) is 5.41 Å². The normalized spacial score (nSPS) is 50.3. The second kappa shape index (κ2) is 5.77. The van der Waals surface area contributed by atoms with Crippen molar-refractivity contribution in [3.63, 3.8) is 0 Å². The van der Waals surface area contributed by atoms with Crippen molar-refractivity contribution in [3.8, 4) is 0 Å². The maximum absolute atomic E-state index is 12.0. The van der Waals surface area contributed by atoms with Gasteiger partial charge in [0.2, 0.25) is 0 Å². The second-order valence-corrected chi connectivity index (χ2v) is 9.83. The Balaban J connectivity index is 1.90. The molecule has 132 valence electrons. The molecule has 0 aromatic rings. The van der Waals surface area contributed by atoms with Crippen LogP contribution in [0.25, 0.3) is 0 Å². The zero-order valence-corrected chi connectivity index (χ0v) is 15.8. The van der Waals surface area contributed by atoms with Crippen molar-refractivity contribution in [2.75, 3.05) is 0 Å². The van der Waals surface area contributed by atoms with Crippen molar-refractivity contribution in [2.24, 2.45) is 46.3 Å². The summed E-state index contributed by atoms with van der Waals surface area (Å²) in [5.74, 6) is 3.88. The van der Waals surface area contributed by atoms with E-state index in [0.29, 0.717) is 5.92 Å². The average Bonchev–Trinajstić information content (AvgIpc) is 2.47. The Hall–Kier alpha value is -0.530. The summed E-state index contributed by atoms with van der Waals surface area (Å²) < 4.78 is 0. The number of carbonyl (C=O) groups is 1. The molecule has 7 atom stereocenters. The predicted octanol–water partition coefficient (Wildman–Crippen LogP) is 5.61. The topological polar surface area (TPSA) is 37.3 Å². The Labute approximate surface area is 142 Å². The fraction of sp³-hybridized carbons (Fsp3) is 0.952. The lowest BCUT2D eigenvalue weighted by atomic mass is 9.42. The monoisotopic (exact) mass is 320 g/mol. The lowest BCUT2D eigenvalue weighted by molar-refractivity contribution is -0.176. The van der Waals surface area contributed by atoms with E-state index in [1.54, 1.807) is 0 Å². The average molecular weight is 321 g/mol. The Morgan fingerprint density at radius 1 is 1.09 bits per heavy atom. The molecule has 0 amide bonds. The Bertz CT molecular complexity index is 470. The van der Waals surface area contributed by atoms with Gasteiger partial charge in [-0.3, -0.25) is 4.79 Å². The van der Waals surface area contributed by atoms with Crippen molar-refractivity contribution in [1.29, 1.82) is 0 Å². The second-order valence-electron chi connectivity index (χ2n) is 9.83. The smallest absolute Gasteiger partial charge is 0.309 e. The largest absolute Gasteiger partial charge is 0.481 e. The van der Waals surface area contributed by atoms with E-state index in [4.69, 9.17) is 0 Å². The van der Waals surface area contributed by atoms with E-state index in [2.05, 4.69) is 27.7 Å². The minimum Gasteiger partial charge on any atom is -0.481 e. The van der Waals surface area contributed by atoms with Crippen LogP contribution >= 0.6 is 0 Å². The van der Waals surface area contributed by atoms with Crippen LogP contribution in [-0.2, 0) is 4.79 Å². The van der Waals surface area contributed by atoms with Crippen molar-refractivity contribution in [3.05, 3.63) is 0 Å². The Morgan fingerprint density at radius 2 is 1.78 bits per heavy atom. The van der Waals surface area contributed by atoms with Crippen molar-refractivity contribution in [1.82, 2.24) is 0 Å². The highest BCUT2D eigenvalue weighted by Gasteiger charge is 2.60. The molecule has 0 aromatic carbocycles. The van der Waals surface area contributed by atoms with E-state index in [9.17, 15) is 9.90 Å². The lowest BCUT2D eigenvalue weighted by Crippen LogP contribution is -2.57. The highest BCUT2D eigenvalue weighted by atomic mass is 16.4. The van der Waals surface area contributed by atoms with Crippen LogP contribution in [0.2, 0.25) is 0 Å². The first-order valence-corrected chi connectivity index (χ1v) is 9.95. The number of aliphatic carboxylic acids is 1. The highest BCUT2D eigenvalue weighted by molar-refractivity contribution is 5.75. The fourth-order valence-corrected chi connectivity index (χ4v) is 7.38. The summed E-state index contributed by atoms with van der Waals surface area (Å²) in [5, 5.41) is 9.91. The van der Waals surface area contributed by atoms with Gasteiger partial charge in [0, 0.05) is 0 Å². The van der Waals surface area contributed by atoms with Gasteiger partial charge >= 0.3 is 5.97 Å². The minimum absolute atomic E-state index is 0.254. The molecule has 3 fully saturated rings. The van der Waals surface area contributed by atoms with Crippen LogP contribution < -0.4 is 0 Å². The van der Waals surface area contributed by atoms with Crippen LogP contribution in [-0.4, -0.2) is 11.1 Å².